The summed E-state index contributed by atoms with van der Waals surface area (Å²) in [6, 6.07) is 22.1. The van der Waals surface area contributed by atoms with Crippen LogP contribution in [0.4, 0.5) is 0 Å². The minimum absolute atomic E-state index is 0.742. The Morgan fingerprint density at radius 3 is 1.19 bits per heavy atom. The molecule has 0 nitrogen and oxygen atoms in total. The first-order valence-corrected chi connectivity index (χ1v) is 12.0. The van der Waals surface area contributed by atoms with Crippen molar-refractivity contribution in [3.8, 4) is 0 Å². The first-order valence-electron chi connectivity index (χ1n) is 5.89. The van der Waals surface area contributed by atoms with E-state index in [2.05, 4.69) is 73.8 Å². The van der Waals surface area contributed by atoms with Gasteiger partial charge in [0.05, 0.1) is 16.6 Å². The second-order valence-corrected chi connectivity index (χ2v) is 14.9. The summed E-state index contributed by atoms with van der Waals surface area (Å²) >= 11 is 0. The summed E-state index contributed by atoms with van der Waals surface area (Å²) in [7, 11) is -1.48. The summed E-state index contributed by atoms with van der Waals surface area (Å²) in [5, 5.41) is 3.23. The molecule has 2 unspecified atom stereocenters. The van der Waals surface area contributed by atoms with Gasteiger partial charge in [0.1, 0.15) is 0 Å². The van der Waals surface area contributed by atoms with E-state index in [1.807, 2.05) is 0 Å². The largest absolute Gasteiger partial charge is 0.0699 e. The predicted molar refractivity (Wildman–Crippen MR) is 78.2 cm³/mol. The van der Waals surface area contributed by atoms with Gasteiger partial charge in [-0.2, -0.15) is 0 Å². The van der Waals surface area contributed by atoms with Crippen molar-refractivity contribution in [1.29, 1.82) is 0 Å². The molecule has 0 aromatic heterocycles. The van der Waals surface area contributed by atoms with Crippen LogP contribution >= 0.6 is 0 Å². The topological polar surface area (TPSA) is 0 Å². The maximum Gasteiger partial charge on any atom is 0.0635 e. The van der Waals surface area contributed by atoms with Gasteiger partial charge in [-0.25, -0.2) is 0 Å². The summed E-state index contributed by atoms with van der Waals surface area (Å²) in [6.45, 7) is 5.00. The van der Waals surface area contributed by atoms with Crippen molar-refractivity contribution in [1.82, 2.24) is 0 Å². The Balaban J connectivity index is 2.20. The van der Waals surface area contributed by atoms with Crippen LogP contribution in [0.15, 0.2) is 60.7 Å². The van der Waals surface area contributed by atoms with Crippen molar-refractivity contribution < 1.29 is 0 Å². The van der Waals surface area contributed by atoms with Gasteiger partial charge in [0.15, 0.2) is 0 Å². The van der Waals surface area contributed by atoms with Gasteiger partial charge >= 0.3 is 0 Å². The molecular weight excluding hydrogens is 224 g/mol. The minimum atomic E-state index is -0.742. The lowest BCUT2D eigenvalue weighted by molar-refractivity contribution is 1.75. The highest BCUT2D eigenvalue weighted by atomic mass is 29.2. The molecule has 2 atom stereocenters. The Labute approximate surface area is 101 Å². The molecule has 0 spiro atoms. The summed E-state index contributed by atoms with van der Waals surface area (Å²) in [6.07, 6.45) is 0. The van der Waals surface area contributed by atoms with Gasteiger partial charge in [0, 0.05) is 0 Å². The molecule has 0 aliphatic rings. The van der Waals surface area contributed by atoms with E-state index in [-0.39, 0.29) is 0 Å². The predicted octanol–water partition coefficient (Wildman–Crippen LogP) is 1.59. The normalized spacial score (nSPS) is 14.4. The molecule has 0 fully saturated rings. The summed E-state index contributed by atoms with van der Waals surface area (Å²) in [4.78, 5) is 0. The van der Waals surface area contributed by atoms with E-state index in [4.69, 9.17) is 0 Å². The number of rotatable bonds is 3. The van der Waals surface area contributed by atoms with E-state index in [1.165, 1.54) is 0 Å². The number of benzene rings is 2. The molecule has 82 valence electrons. The first-order chi connectivity index (χ1) is 7.79. The minimum Gasteiger partial charge on any atom is -0.0699 e. The van der Waals surface area contributed by atoms with Gasteiger partial charge in [-0.3, -0.25) is 0 Å². The maximum atomic E-state index is 2.50. The fraction of sp³-hybridized carbons (Fsp3) is 0.143. The molecule has 2 heteroatoms. The molecule has 0 heterocycles. The summed E-state index contributed by atoms with van der Waals surface area (Å²) in [5.74, 6) is 0. The first kappa shape index (κ1) is 11.4. The van der Waals surface area contributed by atoms with Crippen LogP contribution in [-0.4, -0.2) is 16.6 Å². The monoisotopic (exact) mass is 242 g/mol. The standard InChI is InChI=1S/C14H18Si2/c1-15(13-9-5-3-6-10-13)16(2)14-11-7-4-8-12-14/h3-12,15-16H,1-2H3. The Kier molecular flexibility index (Phi) is 3.75. The lowest BCUT2D eigenvalue weighted by Crippen LogP contribution is -2.48. The third-order valence-corrected chi connectivity index (χ3v) is 14.6. The van der Waals surface area contributed by atoms with Crippen molar-refractivity contribution in [3.05, 3.63) is 60.7 Å². The molecule has 2 rings (SSSR count). The fourth-order valence-electron chi connectivity index (χ4n) is 2.09. The zero-order valence-electron chi connectivity index (χ0n) is 9.93. The van der Waals surface area contributed by atoms with Crippen molar-refractivity contribution >= 4 is 27.0 Å². The maximum absolute atomic E-state index is 2.50. The van der Waals surface area contributed by atoms with Gasteiger partial charge in [-0.05, 0) is 0 Å². The lowest BCUT2D eigenvalue weighted by atomic mass is 10.4. The van der Waals surface area contributed by atoms with Crippen molar-refractivity contribution in [2.45, 2.75) is 13.1 Å². The number of hydrogen-bond donors (Lipinski definition) is 0. The average Bonchev–Trinajstić information content (AvgIpc) is 2.39. The van der Waals surface area contributed by atoms with Crippen LogP contribution in [0.1, 0.15) is 0 Å². The van der Waals surface area contributed by atoms with Crippen molar-refractivity contribution in [2.75, 3.05) is 0 Å². The zero-order chi connectivity index (χ0) is 11.4. The number of hydrogen-bond acceptors (Lipinski definition) is 0. The molecule has 0 amide bonds. The van der Waals surface area contributed by atoms with Gasteiger partial charge < -0.3 is 0 Å². The molecule has 0 saturated heterocycles. The Hall–Kier alpha value is -1.13. The van der Waals surface area contributed by atoms with Crippen LogP contribution < -0.4 is 10.4 Å². The molecule has 0 bridgehead atoms. The third-order valence-electron chi connectivity index (χ3n) is 3.40. The van der Waals surface area contributed by atoms with Gasteiger partial charge in [0.25, 0.3) is 0 Å². The molecule has 0 aliphatic heterocycles. The second kappa shape index (κ2) is 5.28. The molecule has 0 radical (unpaired) electrons. The van der Waals surface area contributed by atoms with Crippen molar-refractivity contribution in [3.63, 3.8) is 0 Å². The van der Waals surface area contributed by atoms with Crippen LogP contribution in [-0.2, 0) is 0 Å². The molecule has 16 heavy (non-hydrogen) atoms. The lowest BCUT2D eigenvalue weighted by Gasteiger charge is -2.17. The highest BCUT2D eigenvalue weighted by Crippen LogP contribution is 1.96. The van der Waals surface area contributed by atoms with Gasteiger partial charge in [0.2, 0.25) is 0 Å². The van der Waals surface area contributed by atoms with Crippen LogP contribution in [0.5, 0.6) is 0 Å². The van der Waals surface area contributed by atoms with Crippen LogP contribution in [0.3, 0.4) is 0 Å². The third kappa shape index (κ3) is 2.51. The highest BCUT2D eigenvalue weighted by Gasteiger charge is 2.18. The molecule has 2 aromatic carbocycles. The van der Waals surface area contributed by atoms with E-state index >= 15 is 0 Å². The Morgan fingerprint density at radius 2 is 0.875 bits per heavy atom. The Morgan fingerprint density at radius 1 is 0.562 bits per heavy atom. The van der Waals surface area contributed by atoms with Gasteiger partial charge in [-0.1, -0.05) is 84.1 Å². The van der Waals surface area contributed by atoms with Crippen molar-refractivity contribution in [2.24, 2.45) is 0 Å². The molecule has 0 saturated carbocycles. The SMILES string of the molecule is C[SiH](c1ccccc1)[SiH](C)c1ccccc1. The quantitative estimate of drug-likeness (QED) is 0.717. The molecular formula is C14H18Si2. The molecule has 2 aromatic rings. The van der Waals surface area contributed by atoms with E-state index in [9.17, 15) is 0 Å². The van der Waals surface area contributed by atoms with E-state index < -0.39 is 16.6 Å². The van der Waals surface area contributed by atoms with Crippen LogP contribution in [0.2, 0.25) is 13.1 Å². The van der Waals surface area contributed by atoms with Crippen LogP contribution in [0.25, 0.3) is 0 Å². The van der Waals surface area contributed by atoms with E-state index in [1.54, 1.807) is 10.4 Å². The molecule has 0 N–H and O–H groups in total. The van der Waals surface area contributed by atoms with E-state index in [0.717, 1.165) is 0 Å². The van der Waals surface area contributed by atoms with Gasteiger partial charge in [-0.15, -0.1) is 0 Å². The zero-order valence-corrected chi connectivity index (χ0v) is 12.2. The summed E-state index contributed by atoms with van der Waals surface area (Å²) < 4.78 is 0. The van der Waals surface area contributed by atoms with Crippen LogP contribution in [0, 0.1) is 0 Å². The highest BCUT2D eigenvalue weighted by molar-refractivity contribution is 7.32. The smallest absolute Gasteiger partial charge is 0.0635 e. The average molecular weight is 242 g/mol. The fourth-order valence-corrected chi connectivity index (χ4v) is 9.70. The molecule has 0 aliphatic carbocycles. The summed E-state index contributed by atoms with van der Waals surface area (Å²) in [5.41, 5.74) is 0. The second-order valence-electron chi connectivity index (χ2n) is 4.40. The van der Waals surface area contributed by atoms with E-state index in [0.29, 0.717) is 0 Å². The Bertz CT molecular complexity index is 382.